The van der Waals surface area contributed by atoms with Crippen LogP contribution in [0.1, 0.15) is 26.0 Å². The zero-order valence-corrected chi connectivity index (χ0v) is 10.0. The fourth-order valence-corrected chi connectivity index (χ4v) is 1.48. The largest absolute Gasteiger partial charge is 0.481 e. The van der Waals surface area contributed by atoms with Crippen molar-refractivity contribution in [3.8, 4) is 0 Å². The van der Waals surface area contributed by atoms with Crippen LogP contribution >= 0.6 is 0 Å². The standard InChI is InChI=1S/C12H17NO4/c1-3-11(14)13(7-9(2)12(15)16)8-10-5-4-6-17-10/h4-6,9H,3,7-8H2,1-2H3,(H,15,16). The Morgan fingerprint density at radius 3 is 2.71 bits per heavy atom. The number of hydrogen-bond acceptors (Lipinski definition) is 3. The fraction of sp³-hybridized carbons (Fsp3) is 0.500. The number of amides is 1. The van der Waals surface area contributed by atoms with Gasteiger partial charge in [-0.2, -0.15) is 0 Å². The maximum absolute atomic E-state index is 11.7. The van der Waals surface area contributed by atoms with Crippen LogP contribution in [0, 0.1) is 5.92 Å². The molecule has 0 fully saturated rings. The molecule has 0 aromatic carbocycles. The number of carboxylic acids is 1. The van der Waals surface area contributed by atoms with Crippen molar-refractivity contribution in [1.82, 2.24) is 4.90 Å². The highest BCUT2D eigenvalue weighted by molar-refractivity contribution is 5.77. The van der Waals surface area contributed by atoms with E-state index in [1.807, 2.05) is 0 Å². The Hall–Kier alpha value is -1.78. The molecule has 17 heavy (non-hydrogen) atoms. The van der Waals surface area contributed by atoms with Crippen LogP contribution in [0.2, 0.25) is 0 Å². The van der Waals surface area contributed by atoms with Gasteiger partial charge in [0, 0.05) is 13.0 Å². The van der Waals surface area contributed by atoms with Crippen molar-refractivity contribution in [2.75, 3.05) is 6.54 Å². The van der Waals surface area contributed by atoms with Gasteiger partial charge in [0.05, 0.1) is 18.7 Å². The van der Waals surface area contributed by atoms with Gasteiger partial charge in [0.25, 0.3) is 0 Å². The van der Waals surface area contributed by atoms with Crippen LogP contribution in [0.15, 0.2) is 22.8 Å². The topological polar surface area (TPSA) is 70.8 Å². The summed E-state index contributed by atoms with van der Waals surface area (Å²) in [6.45, 7) is 3.85. The van der Waals surface area contributed by atoms with Crippen LogP contribution in [0.4, 0.5) is 0 Å². The summed E-state index contributed by atoms with van der Waals surface area (Å²) < 4.78 is 5.16. The van der Waals surface area contributed by atoms with Crippen molar-refractivity contribution in [2.24, 2.45) is 5.92 Å². The Bertz CT molecular complexity index is 372. The van der Waals surface area contributed by atoms with E-state index in [4.69, 9.17) is 9.52 Å². The molecule has 0 spiro atoms. The van der Waals surface area contributed by atoms with E-state index in [0.717, 1.165) is 0 Å². The van der Waals surface area contributed by atoms with Crippen LogP contribution in [0.3, 0.4) is 0 Å². The Morgan fingerprint density at radius 2 is 2.24 bits per heavy atom. The van der Waals surface area contributed by atoms with Gasteiger partial charge in [0.1, 0.15) is 5.76 Å². The summed E-state index contributed by atoms with van der Waals surface area (Å²) in [5.41, 5.74) is 0. The summed E-state index contributed by atoms with van der Waals surface area (Å²) in [7, 11) is 0. The van der Waals surface area contributed by atoms with Gasteiger partial charge in [-0.15, -0.1) is 0 Å². The third kappa shape index (κ3) is 3.94. The lowest BCUT2D eigenvalue weighted by Gasteiger charge is -2.23. The van der Waals surface area contributed by atoms with Gasteiger partial charge in [-0.25, -0.2) is 0 Å². The normalized spacial score (nSPS) is 12.1. The number of rotatable bonds is 6. The zero-order valence-electron chi connectivity index (χ0n) is 10.0. The van der Waals surface area contributed by atoms with Crippen LogP contribution in [0.5, 0.6) is 0 Å². The number of aliphatic carboxylic acids is 1. The van der Waals surface area contributed by atoms with Gasteiger partial charge in [-0.05, 0) is 12.1 Å². The third-order valence-electron chi connectivity index (χ3n) is 2.50. The number of hydrogen-bond donors (Lipinski definition) is 1. The molecule has 0 bridgehead atoms. The van der Waals surface area contributed by atoms with Crippen molar-refractivity contribution >= 4 is 11.9 Å². The number of nitrogens with zero attached hydrogens (tertiary/aromatic N) is 1. The Balaban J connectivity index is 2.67. The molecule has 5 heteroatoms. The number of carbonyl (C=O) groups is 2. The number of furan rings is 1. The minimum Gasteiger partial charge on any atom is -0.481 e. The zero-order chi connectivity index (χ0) is 12.8. The van der Waals surface area contributed by atoms with Crippen molar-refractivity contribution in [3.05, 3.63) is 24.2 Å². The molecule has 0 aliphatic rings. The molecule has 1 amide bonds. The summed E-state index contributed by atoms with van der Waals surface area (Å²) in [6.07, 6.45) is 1.89. The molecule has 1 atom stereocenters. The van der Waals surface area contributed by atoms with Gasteiger partial charge in [-0.3, -0.25) is 9.59 Å². The van der Waals surface area contributed by atoms with Crippen LogP contribution < -0.4 is 0 Å². The van der Waals surface area contributed by atoms with E-state index in [1.54, 1.807) is 26.0 Å². The second-order valence-electron chi connectivity index (χ2n) is 3.95. The molecule has 0 saturated carbocycles. The van der Waals surface area contributed by atoms with Gasteiger partial charge < -0.3 is 14.4 Å². The van der Waals surface area contributed by atoms with Crippen molar-refractivity contribution in [2.45, 2.75) is 26.8 Å². The summed E-state index contributed by atoms with van der Waals surface area (Å²) in [6, 6.07) is 3.51. The summed E-state index contributed by atoms with van der Waals surface area (Å²) in [4.78, 5) is 24.0. The second-order valence-corrected chi connectivity index (χ2v) is 3.95. The van der Waals surface area contributed by atoms with Crippen molar-refractivity contribution in [1.29, 1.82) is 0 Å². The first-order chi connectivity index (χ1) is 8.04. The molecule has 0 aliphatic carbocycles. The van der Waals surface area contributed by atoms with E-state index in [1.165, 1.54) is 11.2 Å². The monoisotopic (exact) mass is 239 g/mol. The van der Waals surface area contributed by atoms with Gasteiger partial charge in [0.2, 0.25) is 5.91 Å². The highest BCUT2D eigenvalue weighted by atomic mass is 16.4. The fourth-order valence-electron chi connectivity index (χ4n) is 1.48. The number of carbonyl (C=O) groups excluding carboxylic acids is 1. The molecule has 5 nitrogen and oxygen atoms in total. The quantitative estimate of drug-likeness (QED) is 0.820. The molecule has 0 radical (unpaired) electrons. The highest BCUT2D eigenvalue weighted by Gasteiger charge is 2.20. The summed E-state index contributed by atoms with van der Waals surface area (Å²) in [5, 5.41) is 8.85. The molecule has 1 N–H and O–H groups in total. The second kappa shape index (κ2) is 6.08. The van der Waals surface area contributed by atoms with E-state index >= 15 is 0 Å². The first-order valence-electron chi connectivity index (χ1n) is 5.57. The van der Waals surface area contributed by atoms with Crippen molar-refractivity contribution in [3.63, 3.8) is 0 Å². The van der Waals surface area contributed by atoms with Gasteiger partial charge in [0.15, 0.2) is 0 Å². The van der Waals surface area contributed by atoms with E-state index in [9.17, 15) is 9.59 Å². The maximum Gasteiger partial charge on any atom is 0.308 e. The molecule has 0 aliphatic heterocycles. The molecule has 1 unspecified atom stereocenters. The molecule has 1 aromatic heterocycles. The predicted molar refractivity (Wildman–Crippen MR) is 61.2 cm³/mol. The van der Waals surface area contributed by atoms with Crippen LogP contribution in [-0.4, -0.2) is 28.4 Å². The minimum atomic E-state index is -0.904. The summed E-state index contributed by atoms with van der Waals surface area (Å²) in [5.74, 6) is -0.905. The third-order valence-corrected chi connectivity index (χ3v) is 2.50. The van der Waals surface area contributed by atoms with Crippen molar-refractivity contribution < 1.29 is 19.1 Å². The molecule has 1 rings (SSSR count). The Kier molecular flexibility index (Phi) is 4.75. The Morgan fingerprint density at radius 1 is 1.53 bits per heavy atom. The molecule has 94 valence electrons. The van der Waals surface area contributed by atoms with E-state index < -0.39 is 11.9 Å². The van der Waals surface area contributed by atoms with E-state index in [0.29, 0.717) is 18.7 Å². The van der Waals surface area contributed by atoms with Crippen LogP contribution in [-0.2, 0) is 16.1 Å². The maximum atomic E-state index is 11.7. The molecule has 1 heterocycles. The lowest BCUT2D eigenvalue weighted by molar-refractivity contribution is -0.143. The molecule has 0 saturated heterocycles. The average molecular weight is 239 g/mol. The predicted octanol–water partition coefficient (Wildman–Crippen LogP) is 1.74. The SMILES string of the molecule is CCC(=O)N(Cc1ccco1)CC(C)C(=O)O. The van der Waals surface area contributed by atoms with E-state index in [2.05, 4.69) is 0 Å². The summed E-state index contributed by atoms with van der Waals surface area (Å²) >= 11 is 0. The molecular weight excluding hydrogens is 222 g/mol. The highest BCUT2D eigenvalue weighted by Crippen LogP contribution is 2.10. The lowest BCUT2D eigenvalue weighted by atomic mass is 10.1. The average Bonchev–Trinajstić information content (AvgIpc) is 2.79. The van der Waals surface area contributed by atoms with Gasteiger partial charge in [-0.1, -0.05) is 13.8 Å². The lowest BCUT2D eigenvalue weighted by Crippen LogP contribution is -2.35. The Labute approximate surface area is 100 Å². The number of carboxylic acid groups (broad SMARTS) is 1. The van der Waals surface area contributed by atoms with Gasteiger partial charge >= 0.3 is 5.97 Å². The smallest absolute Gasteiger partial charge is 0.308 e. The molecular formula is C12H17NO4. The van der Waals surface area contributed by atoms with E-state index in [-0.39, 0.29) is 12.5 Å². The first kappa shape index (κ1) is 13.3. The van der Waals surface area contributed by atoms with Crippen LogP contribution in [0.25, 0.3) is 0 Å². The molecule has 1 aromatic rings. The first-order valence-corrected chi connectivity index (χ1v) is 5.57. The minimum absolute atomic E-state index is 0.0745.